The Labute approximate surface area is 187 Å². The number of piperidine rings is 1. The maximum Gasteiger partial charge on any atom is 0.284 e. The Morgan fingerprint density at radius 3 is 2.55 bits per heavy atom. The largest absolute Gasteiger partial charge is 0.384 e. The summed E-state index contributed by atoms with van der Waals surface area (Å²) in [6.07, 6.45) is 2.07. The number of hydrazine groups is 1. The van der Waals surface area contributed by atoms with E-state index in [1.54, 1.807) is 29.3 Å². The van der Waals surface area contributed by atoms with Gasteiger partial charge >= 0.3 is 0 Å². The van der Waals surface area contributed by atoms with E-state index in [-0.39, 0.29) is 5.71 Å². The smallest absolute Gasteiger partial charge is 0.284 e. The highest BCUT2D eigenvalue weighted by Crippen LogP contribution is 2.42. The number of halogens is 3. The summed E-state index contributed by atoms with van der Waals surface area (Å²) < 4.78 is 0.584. The summed E-state index contributed by atoms with van der Waals surface area (Å²) >= 11 is 19.8. The lowest BCUT2D eigenvalue weighted by molar-refractivity contribution is -0.120. The predicted octanol–water partition coefficient (Wildman–Crippen LogP) is 4.50. The number of hydrogen-bond acceptors (Lipinski definition) is 6. The van der Waals surface area contributed by atoms with Crippen LogP contribution in [0.1, 0.15) is 30.2 Å². The highest BCUT2D eigenvalue weighted by Gasteiger charge is 2.43. The zero-order valence-corrected chi connectivity index (χ0v) is 18.4. The summed E-state index contributed by atoms with van der Waals surface area (Å²) in [5.41, 5.74) is 3.45. The molecule has 1 aromatic heterocycles. The van der Waals surface area contributed by atoms with E-state index >= 15 is 0 Å². The second-order valence-electron chi connectivity index (χ2n) is 6.95. The van der Waals surface area contributed by atoms with Gasteiger partial charge in [-0.1, -0.05) is 41.2 Å². The number of amides is 1. The number of carbonyl (C=O) groups excluding carboxylic acids is 1. The van der Waals surface area contributed by atoms with Crippen LogP contribution in [0.25, 0.3) is 0 Å². The van der Waals surface area contributed by atoms with Gasteiger partial charge in [0, 0.05) is 23.0 Å². The lowest BCUT2D eigenvalue weighted by atomic mass is 10.0. The zero-order valence-electron chi connectivity index (χ0n) is 15.3. The SMILES string of the molecule is O=C(NN1CCCCC1)C1=NN(c2ccc(Cl)cc2Cl)C(c2ccc(Cl)s2)C1O. The van der Waals surface area contributed by atoms with Crippen LogP contribution in [0.4, 0.5) is 5.69 Å². The van der Waals surface area contributed by atoms with Crippen molar-refractivity contribution in [1.82, 2.24) is 10.4 Å². The van der Waals surface area contributed by atoms with Crippen LogP contribution < -0.4 is 10.4 Å². The monoisotopic (exact) mass is 472 g/mol. The number of aliphatic hydroxyl groups is 1. The van der Waals surface area contributed by atoms with E-state index < -0.39 is 18.1 Å². The molecule has 0 spiro atoms. The molecule has 2 aliphatic rings. The topological polar surface area (TPSA) is 68.2 Å². The van der Waals surface area contributed by atoms with E-state index in [1.165, 1.54) is 11.3 Å². The van der Waals surface area contributed by atoms with Crippen molar-refractivity contribution in [2.24, 2.45) is 5.10 Å². The Balaban J connectivity index is 1.67. The number of thiophene rings is 1. The summed E-state index contributed by atoms with van der Waals surface area (Å²) in [6.45, 7) is 1.57. The van der Waals surface area contributed by atoms with Crippen LogP contribution in [0.2, 0.25) is 14.4 Å². The van der Waals surface area contributed by atoms with Gasteiger partial charge < -0.3 is 5.11 Å². The molecule has 4 rings (SSSR count). The predicted molar refractivity (Wildman–Crippen MR) is 118 cm³/mol. The summed E-state index contributed by atoms with van der Waals surface area (Å²) in [4.78, 5) is 13.7. The third-order valence-corrected chi connectivity index (χ3v) is 6.79. The number of hydrogen-bond donors (Lipinski definition) is 2. The molecule has 2 aliphatic heterocycles. The first-order valence-corrected chi connectivity index (χ1v) is 11.2. The van der Waals surface area contributed by atoms with Gasteiger partial charge in [-0.05, 0) is 43.2 Å². The van der Waals surface area contributed by atoms with Gasteiger partial charge in [-0.3, -0.25) is 15.2 Å². The van der Waals surface area contributed by atoms with Crippen molar-refractivity contribution in [2.45, 2.75) is 31.4 Å². The fraction of sp³-hybridized carbons (Fsp3) is 0.368. The number of rotatable bonds is 4. The molecule has 1 amide bonds. The molecular formula is C19H19Cl3N4O2S. The number of carbonyl (C=O) groups is 1. The van der Waals surface area contributed by atoms with Crippen molar-refractivity contribution in [2.75, 3.05) is 18.1 Å². The number of nitrogens with zero attached hydrogens (tertiary/aromatic N) is 3. The molecule has 1 saturated heterocycles. The van der Waals surface area contributed by atoms with Crippen molar-refractivity contribution >= 4 is 63.4 Å². The Morgan fingerprint density at radius 2 is 1.90 bits per heavy atom. The zero-order chi connectivity index (χ0) is 20.5. The van der Waals surface area contributed by atoms with Crippen molar-refractivity contribution in [3.05, 3.63) is 49.6 Å². The van der Waals surface area contributed by atoms with Crippen molar-refractivity contribution in [3.63, 3.8) is 0 Å². The normalized spacial score (nSPS) is 22.6. The van der Waals surface area contributed by atoms with Crippen LogP contribution in [0.3, 0.4) is 0 Å². The lowest BCUT2D eigenvalue weighted by Crippen LogP contribution is -2.49. The van der Waals surface area contributed by atoms with Gasteiger partial charge in [0.15, 0.2) is 5.71 Å². The minimum atomic E-state index is -1.14. The Bertz CT molecular complexity index is 945. The first kappa shape index (κ1) is 20.9. The molecule has 0 aliphatic carbocycles. The van der Waals surface area contributed by atoms with Crippen molar-refractivity contribution in [3.8, 4) is 0 Å². The molecule has 0 radical (unpaired) electrons. The second-order valence-corrected chi connectivity index (χ2v) is 9.54. The highest BCUT2D eigenvalue weighted by atomic mass is 35.5. The molecule has 2 atom stereocenters. The van der Waals surface area contributed by atoms with E-state index in [4.69, 9.17) is 34.8 Å². The summed E-state index contributed by atoms with van der Waals surface area (Å²) in [6, 6.07) is 7.96. The van der Waals surface area contributed by atoms with Crippen LogP contribution >= 0.6 is 46.1 Å². The Kier molecular flexibility index (Phi) is 6.34. The van der Waals surface area contributed by atoms with E-state index in [1.807, 2.05) is 11.1 Å². The molecule has 1 aromatic carbocycles. The number of benzene rings is 1. The van der Waals surface area contributed by atoms with E-state index in [9.17, 15) is 9.90 Å². The van der Waals surface area contributed by atoms with Gasteiger partial charge in [0.2, 0.25) is 0 Å². The first-order valence-electron chi connectivity index (χ1n) is 9.26. The number of hydrazone groups is 1. The quantitative estimate of drug-likeness (QED) is 0.686. The minimum Gasteiger partial charge on any atom is -0.384 e. The molecule has 2 N–H and O–H groups in total. The summed E-state index contributed by atoms with van der Waals surface area (Å²) in [5, 5.41) is 19.8. The summed E-state index contributed by atoms with van der Waals surface area (Å²) in [7, 11) is 0. The van der Waals surface area contributed by atoms with Crippen LogP contribution in [0.5, 0.6) is 0 Å². The van der Waals surface area contributed by atoms with E-state index in [0.29, 0.717) is 20.1 Å². The maximum atomic E-state index is 12.9. The van der Waals surface area contributed by atoms with Crippen molar-refractivity contribution in [1.29, 1.82) is 0 Å². The van der Waals surface area contributed by atoms with Gasteiger partial charge in [-0.15, -0.1) is 11.3 Å². The Morgan fingerprint density at radius 1 is 1.14 bits per heavy atom. The molecule has 10 heteroatoms. The average Bonchev–Trinajstić information content (AvgIpc) is 3.25. The molecule has 29 heavy (non-hydrogen) atoms. The molecule has 2 unspecified atom stereocenters. The average molecular weight is 474 g/mol. The second kappa shape index (κ2) is 8.79. The van der Waals surface area contributed by atoms with Crippen LogP contribution in [-0.4, -0.2) is 40.9 Å². The molecule has 2 aromatic rings. The molecule has 0 saturated carbocycles. The highest BCUT2D eigenvalue weighted by molar-refractivity contribution is 7.16. The molecule has 6 nitrogen and oxygen atoms in total. The van der Waals surface area contributed by atoms with Gasteiger partial charge in [0.1, 0.15) is 12.1 Å². The Hall–Kier alpha value is -1.35. The molecule has 154 valence electrons. The number of aliphatic hydroxyl groups excluding tert-OH is 1. The molecule has 3 heterocycles. The standard InChI is InChI=1S/C19H19Cl3N4O2S/c20-11-4-5-13(12(21)10-11)26-17(14-6-7-15(22)29-14)18(27)16(23-26)19(28)24-25-8-2-1-3-9-25/h4-7,10,17-18,27H,1-3,8-9H2,(H,24,28). The van der Waals surface area contributed by atoms with E-state index in [2.05, 4.69) is 10.5 Å². The van der Waals surface area contributed by atoms with Crippen molar-refractivity contribution < 1.29 is 9.90 Å². The minimum absolute atomic E-state index is 0.0381. The van der Waals surface area contributed by atoms with Crippen LogP contribution in [0.15, 0.2) is 35.4 Å². The molecular weight excluding hydrogens is 455 g/mol. The fourth-order valence-corrected chi connectivity index (χ4v) is 5.21. The summed E-state index contributed by atoms with van der Waals surface area (Å²) in [5.74, 6) is -0.417. The number of nitrogens with one attached hydrogen (secondary N) is 1. The van der Waals surface area contributed by atoms with Crippen LogP contribution in [0, 0.1) is 0 Å². The van der Waals surface area contributed by atoms with Gasteiger partial charge in [0.25, 0.3) is 5.91 Å². The van der Waals surface area contributed by atoms with Gasteiger partial charge in [-0.2, -0.15) is 5.10 Å². The lowest BCUT2D eigenvalue weighted by Gasteiger charge is -2.27. The van der Waals surface area contributed by atoms with Crippen LogP contribution in [-0.2, 0) is 4.79 Å². The van der Waals surface area contributed by atoms with Gasteiger partial charge in [-0.25, -0.2) is 5.01 Å². The maximum absolute atomic E-state index is 12.9. The number of anilines is 1. The molecule has 1 fully saturated rings. The van der Waals surface area contributed by atoms with E-state index in [0.717, 1.165) is 37.2 Å². The van der Waals surface area contributed by atoms with Gasteiger partial charge in [0.05, 0.1) is 15.0 Å². The first-order chi connectivity index (χ1) is 13.9. The fourth-order valence-electron chi connectivity index (χ4n) is 3.54. The third-order valence-electron chi connectivity index (χ3n) is 4.95. The third kappa shape index (κ3) is 4.40. The molecule has 0 bridgehead atoms.